The van der Waals surface area contributed by atoms with Crippen molar-refractivity contribution in [3.63, 3.8) is 0 Å². The van der Waals surface area contributed by atoms with Gasteiger partial charge in [0, 0.05) is 65.5 Å². The molecule has 0 fully saturated rings. The first-order chi connectivity index (χ1) is 28.7. The number of hydrogen-bond donors (Lipinski definition) is 0. The van der Waals surface area contributed by atoms with Gasteiger partial charge in [-0.25, -0.2) is 15.0 Å². The molecular formula is C53H31N3O2. The maximum absolute atomic E-state index is 6.99. The van der Waals surface area contributed by atoms with Crippen LogP contribution in [-0.4, -0.2) is 15.0 Å². The molecule has 8 aromatic carbocycles. The Bertz CT molecular complexity index is 3550. The Balaban J connectivity index is 0.987. The minimum Gasteiger partial charge on any atom is -0.456 e. The first-order valence-electron chi connectivity index (χ1n) is 19.4. The summed E-state index contributed by atoms with van der Waals surface area (Å²) >= 11 is 0. The van der Waals surface area contributed by atoms with Gasteiger partial charge in [0.1, 0.15) is 22.3 Å². The molecule has 0 saturated carbocycles. The number of pyridine rings is 1. The lowest BCUT2D eigenvalue weighted by Crippen LogP contribution is -1.96. The van der Waals surface area contributed by atoms with Crippen molar-refractivity contribution in [3.05, 3.63) is 188 Å². The zero-order valence-corrected chi connectivity index (χ0v) is 31.1. The Kier molecular flexibility index (Phi) is 7.16. The van der Waals surface area contributed by atoms with E-state index < -0.39 is 0 Å². The molecule has 0 radical (unpaired) electrons. The predicted molar refractivity (Wildman–Crippen MR) is 237 cm³/mol. The molecule has 0 saturated heterocycles. The van der Waals surface area contributed by atoms with E-state index in [1.54, 1.807) is 0 Å². The quantitative estimate of drug-likeness (QED) is 0.164. The van der Waals surface area contributed by atoms with E-state index >= 15 is 0 Å². The van der Waals surface area contributed by atoms with E-state index in [1.165, 1.54) is 0 Å². The van der Waals surface area contributed by atoms with E-state index in [0.717, 1.165) is 116 Å². The lowest BCUT2D eigenvalue weighted by atomic mass is 9.97. The predicted octanol–water partition coefficient (Wildman–Crippen LogP) is 14.3. The lowest BCUT2D eigenvalue weighted by Gasteiger charge is -2.10. The minimum absolute atomic E-state index is 0.639. The van der Waals surface area contributed by atoms with Gasteiger partial charge in [-0.15, -0.1) is 0 Å². The summed E-state index contributed by atoms with van der Waals surface area (Å²) in [7, 11) is 0. The number of para-hydroxylation sites is 3. The molecule has 0 N–H and O–H groups in total. The molecule has 0 spiro atoms. The van der Waals surface area contributed by atoms with Crippen molar-refractivity contribution in [2.45, 2.75) is 0 Å². The molecule has 12 aromatic rings. The summed E-state index contributed by atoms with van der Waals surface area (Å²) in [6, 6.07) is 64.8. The van der Waals surface area contributed by atoms with Crippen molar-refractivity contribution >= 4 is 65.6 Å². The molecule has 0 aliphatic carbocycles. The zero-order chi connectivity index (χ0) is 38.2. The average Bonchev–Trinajstić information content (AvgIpc) is 3.87. The van der Waals surface area contributed by atoms with Crippen molar-refractivity contribution in [2.75, 3.05) is 0 Å². The molecule has 270 valence electrons. The van der Waals surface area contributed by atoms with Crippen molar-refractivity contribution in [1.29, 1.82) is 0 Å². The second kappa shape index (κ2) is 12.8. The van der Waals surface area contributed by atoms with E-state index in [1.807, 2.05) is 54.6 Å². The fourth-order valence-electron chi connectivity index (χ4n) is 8.50. The van der Waals surface area contributed by atoms with Crippen molar-refractivity contribution in [3.8, 4) is 56.3 Å². The van der Waals surface area contributed by atoms with Gasteiger partial charge in [0.05, 0.1) is 22.6 Å². The highest BCUT2D eigenvalue weighted by molar-refractivity contribution is 6.25. The van der Waals surface area contributed by atoms with Gasteiger partial charge in [-0.2, -0.15) is 0 Å². The maximum Gasteiger partial charge on any atom is 0.160 e. The fraction of sp³-hybridized carbons (Fsp3) is 0. The van der Waals surface area contributed by atoms with Crippen LogP contribution in [0.2, 0.25) is 0 Å². The number of furan rings is 2. The van der Waals surface area contributed by atoms with Crippen LogP contribution in [-0.2, 0) is 0 Å². The van der Waals surface area contributed by atoms with Gasteiger partial charge >= 0.3 is 0 Å². The summed E-state index contributed by atoms with van der Waals surface area (Å²) in [6.45, 7) is 0. The van der Waals surface area contributed by atoms with Crippen LogP contribution >= 0.6 is 0 Å². The van der Waals surface area contributed by atoms with Crippen LogP contribution in [0.1, 0.15) is 0 Å². The van der Waals surface area contributed by atoms with Crippen molar-refractivity contribution in [2.24, 2.45) is 0 Å². The molecule has 0 amide bonds. The summed E-state index contributed by atoms with van der Waals surface area (Å²) in [4.78, 5) is 15.4. The van der Waals surface area contributed by atoms with E-state index in [-0.39, 0.29) is 0 Å². The summed E-state index contributed by atoms with van der Waals surface area (Å²) < 4.78 is 13.2. The second-order valence-electron chi connectivity index (χ2n) is 14.7. The highest BCUT2D eigenvalue weighted by Gasteiger charge is 2.20. The maximum atomic E-state index is 6.99. The SMILES string of the molecule is c1ccc(-c2cc(-c3ccc(-c4cccc5c4oc4c5ccc5c(-c6ccccc6)nc6ccccc6c54)cc3)nc(-c3ccc4c(c3)oc3ccccc34)n2)cc1. The number of hydrogen-bond acceptors (Lipinski definition) is 5. The Labute approximate surface area is 332 Å². The topological polar surface area (TPSA) is 65.0 Å². The van der Waals surface area contributed by atoms with E-state index in [4.69, 9.17) is 23.8 Å². The molecule has 5 heteroatoms. The number of rotatable bonds is 5. The van der Waals surface area contributed by atoms with Crippen LogP contribution in [0, 0.1) is 0 Å². The standard InChI is InChI=1S/C53H31N3O2/c1-3-12-33(13-4-1)45-31-46(56-53(55-45)36-26-27-39-38-16-8-10-21-47(38)57-48(39)30-36)34-24-22-32(23-25-34)37-18-11-19-40-41-28-29-43-49(52(41)58-51(37)40)42-17-7-9-20-44(42)54-50(43)35-14-5-2-6-15-35/h1-31H. The smallest absolute Gasteiger partial charge is 0.160 e. The molecule has 0 aliphatic heterocycles. The van der Waals surface area contributed by atoms with E-state index in [2.05, 4.69) is 133 Å². The minimum atomic E-state index is 0.639. The third-order valence-corrected chi connectivity index (χ3v) is 11.3. The number of nitrogens with zero attached hydrogens (tertiary/aromatic N) is 3. The van der Waals surface area contributed by atoms with Gasteiger partial charge in [0.15, 0.2) is 5.82 Å². The van der Waals surface area contributed by atoms with Gasteiger partial charge < -0.3 is 8.83 Å². The average molecular weight is 742 g/mol. The highest BCUT2D eigenvalue weighted by atomic mass is 16.3. The monoisotopic (exact) mass is 741 g/mol. The third-order valence-electron chi connectivity index (χ3n) is 11.3. The molecule has 0 bridgehead atoms. The summed E-state index contributed by atoms with van der Waals surface area (Å²) in [5.74, 6) is 0.639. The molecule has 5 nitrogen and oxygen atoms in total. The first-order valence-corrected chi connectivity index (χ1v) is 19.4. The van der Waals surface area contributed by atoms with Gasteiger partial charge in [-0.3, -0.25) is 0 Å². The molecule has 4 aromatic heterocycles. The molecule has 0 unspecified atom stereocenters. The number of aromatic nitrogens is 3. The van der Waals surface area contributed by atoms with Crippen LogP contribution in [0.25, 0.3) is 122 Å². The third kappa shape index (κ3) is 5.14. The Morgan fingerprint density at radius 1 is 0.328 bits per heavy atom. The van der Waals surface area contributed by atoms with E-state index in [0.29, 0.717) is 5.82 Å². The summed E-state index contributed by atoms with van der Waals surface area (Å²) in [6.07, 6.45) is 0. The van der Waals surface area contributed by atoms with Gasteiger partial charge in [0.2, 0.25) is 0 Å². The van der Waals surface area contributed by atoms with Gasteiger partial charge in [-0.05, 0) is 42.0 Å². The second-order valence-corrected chi connectivity index (χ2v) is 14.7. The van der Waals surface area contributed by atoms with Crippen LogP contribution < -0.4 is 0 Å². The molecule has 4 heterocycles. The molecule has 12 rings (SSSR count). The number of fused-ring (bicyclic) bond motifs is 10. The largest absolute Gasteiger partial charge is 0.456 e. The van der Waals surface area contributed by atoms with Crippen LogP contribution in [0.3, 0.4) is 0 Å². The number of benzene rings is 8. The van der Waals surface area contributed by atoms with Crippen LogP contribution in [0.5, 0.6) is 0 Å². The molecule has 0 aliphatic rings. The normalized spacial score (nSPS) is 11.8. The highest BCUT2D eigenvalue weighted by Crippen LogP contribution is 2.43. The Hall–Kier alpha value is -7.89. The first kappa shape index (κ1) is 32.4. The molecular weight excluding hydrogens is 711 g/mol. The Morgan fingerprint density at radius 3 is 1.72 bits per heavy atom. The fourth-order valence-corrected chi connectivity index (χ4v) is 8.50. The van der Waals surface area contributed by atoms with Crippen molar-refractivity contribution < 1.29 is 8.83 Å². The van der Waals surface area contributed by atoms with Crippen LogP contribution in [0.4, 0.5) is 0 Å². The summed E-state index contributed by atoms with van der Waals surface area (Å²) in [5.41, 5.74) is 13.1. The molecule has 58 heavy (non-hydrogen) atoms. The lowest BCUT2D eigenvalue weighted by molar-refractivity contribution is 0.669. The van der Waals surface area contributed by atoms with Gasteiger partial charge in [-0.1, -0.05) is 152 Å². The molecule has 0 atom stereocenters. The van der Waals surface area contributed by atoms with Crippen LogP contribution in [0.15, 0.2) is 197 Å². The van der Waals surface area contributed by atoms with E-state index in [9.17, 15) is 0 Å². The van der Waals surface area contributed by atoms with Crippen molar-refractivity contribution in [1.82, 2.24) is 15.0 Å². The Morgan fingerprint density at radius 2 is 0.914 bits per heavy atom. The summed E-state index contributed by atoms with van der Waals surface area (Å²) in [5, 5.41) is 7.55. The zero-order valence-electron chi connectivity index (χ0n) is 31.1. The van der Waals surface area contributed by atoms with Gasteiger partial charge in [0.25, 0.3) is 0 Å².